The first-order valence-electron chi connectivity index (χ1n) is 12.9. The Hall–Kier alpha value is -4.32. The van der Waals surface area contributed by atoms with Crippen LogP contribution in [0.25, 0.3) is 0 Å². The first-order valence-corrected chi connectivity index (χ1v) is 12.9. The first-order chi connectivity index (χ1) is 18.3. The molecule has 1 aliphatic heterocycles. The number of hydrogen-bond donors (Lipinski definition) is 1. The van der Waals surface area contributed by atoms with Gasteiger partial charge in [0, 0.05) is 28.2 Å². The predicted octanol–water partition coefficient (Wildman–Crippen LogP) is 4.75. The summed E-state index contributed by atoms with van der Waals surface area (Å²) in [6.45, 7) is 5.39. The molecule has 2 aromatic rings. The standard InChI is InChI=1S/C32H27NO5/c1-3-8-18-9-7-12-21(30(18)36)26-20-13-14-22-27(32(38)33(31(22)37)19-10-5-4-6-11-19)23(20)16-24-28(26)25(34)15-17(2)29(24)35/h3-7,9-13,15,22-23,26-27,36H,1,8,14,16H2,2H3. The van der Waals surface area contributed by atoms with Crippen LogP contribution in [0.15, 0.2) is 95.6 Å². The molecule has 0 saturated carbocycles. The van der Waals surface area contributed by atoms with Gasteiger partial charge in [0.1, 0.15) is 5.75 Å². The minimum atomic E-state index is -0.677. The van der Waals surface area contributed by atoms with Crippen molar-refractivity contribution in [2.75, 3.05) is 4.90 Å². The maximum absolute atomic E-state index is 13.9. The van der Waals surface area contributed by atoms with E-state index in [2.05, 4.69) is 6.58 Å². The normalized spacial score (nSPS) is 26.5. The van der Waals surface area contributed by atoms with Crippen LogP contribution in [0.2, 0.25) is 0 Å². The van der Waals surface area contributed by atoms with E-state index in [1.54, 1.807) is 49.4 Å². The Balaban J connectivity index is 1.52. The van der Waals surface area contributed by atoms with Gasteiger partial charge < -0.3 is 5.11 Å². The van der Waals surface area contributed by atoms with Crippen molar-refractivity contribution < 1.29 is 24.3 Å². The Labute approximate surface area is 220 Å². The summed E-state index contributed by atoms with van der Waals surface area (Å²) in [4.78, 5) is 55.4. The van der Waals surface area contributed by atoms with Crippen molar-refractivity contribution in [2.45, 2.75) is 32.1 Å². The number of imide groups is 1. The molecule has 1 fully saturated rings. The second-order valence-corrected chi connectivity index (χ2v) is 10.4. The van der Waals surface area contributed by atoms with E-state index in [-0.39, 0.29) is 35.6 Å². The SMILES string of the molecule is C=CCc1cccc(C2C3=CCC4C(=O)N(c5ccccc5)C(=O)C4C3CC3=C2C(=O)C=C(C)C3=O)c1O. The Kier molecular flexibility index (Phi) is 5.64. The molecule has 0 bridgehead atoms. The van der Waals surface area contributed by atoms with Crippen LogP contribution in [-0.4, -0.2) is 28.5 Å². The lowest BCUT2D eigenvalue weighted by molar-refractivity contribution is -0.123. The van der Waals surface area contributed by atoms with Crippen LogP contribution in [0.1, 0.15) is 36.8 Å². The van der Waals surface area contributed by atoms with Gasteiger partial charge in [0.25, 0.3) is 0 Å². The molecule has 0 spiro atoms. The van der Waals surface area contributed by atoms with Gasteiger partial charge in [-0.3, -0.25) is 24.1 Å². The molecular weight excluding hydrogens is 478 g/mol. The number of anilines is 1. The number of amides is 2. The van der Waals surface area contributed by atoms with Crippen molar-refractivity contribution >= 4 is 29.1 Å². The van der Waals surface area contributed by atoms with E-state index in [9.17, 15) is 24.3 Å². The van der Waals surface area contributed by atoms with Gasteiger partial charge >= 0.3 is 0 Å². The molecule has 6 nitrogen and oxygen atoms in total. The topological polar surface area (TPSA) is 91.8 Å². The zero-order valence-corrected chi connectivity index (χ0v) is 21.0. The summed E-state index contributed by atoms with van der Waals surface area (Å²) in [7, 11) is 0. The number of nitrogens with zero attached hydrogens (tertiary/aromatic N) is 1. The highest BCUT2D eigenvalue weighted by Gasteiger charge is 2.56. The van der Waals surface area contributed by atoms with E-state index < -0.39 is 23.7 Å². The molecule has 4 unspecified atom stereocenters. The number of carbonyl (C=O) groups is 4. The molecule has 6 heteroatoms. The zero-order chi connectivity index (χ0) is 26.7. The molecule has 190 valence electrons. The van der Waals surface area contributed by atoms with Crippen molar-refractivity contribution in [3.63, 3.8) is 0 Å². The molecule has 0 aromatic heterocycles. The third-order valence-corrected chi connectivity index (χ3v) is 8.40. The third-order valence-electron chi connectivity index (χ3n) is 8.40. The second-order valence-electron chi connectivity index (χ2n) is 10.4. The van der Waals surface area contributed by atoms with Crippen LogP contribution in [-0.2, 0) is 25.6 Å². The number of benzene rings is 2. The molecule has 2 amide bonds. The lowest BCUT2D eigenvalue weighted by Gasteiger charge is -2.42. The highest BCUT2D eigenvalue weighted by atomic mass is 16.3. The van der Waals surface area contributed by atoms with Crippen LogP contribution in [0.4, 0.5) is 5.69 Å². The smallest absolute Gasteiger partial charge is 0.238 e. The molecule has 4 atom stereocenters. The lowest BCUT2D eigenvalue weighted by Crippen LogP contribution is -2.39. The molecular formula is C32H27NO5. The van der Waals surface area contributed by atoms with Gasteiger partial charge in [0.2, 0.25) is 11.8 Å². The van der Waals surface area contributed by atoms with Crippen molar-refractivity contribution in [3.8, 4) is 5.75 Å². The average molecular weight is 506 g/mol. The Morgan fingerprint density at radius 2 is 1.76 bits per heavy atom. The van der Waals surface area contributed by atoms with E-state index in [1.165, 1.54) is 11.0 Å². The number of Topliss-reactive ketones (excluding diaryl/α,β-unsaturated/α-hetero) is 1. The minimum Gasteiger partial charge on any atom is -0.507 e. The van der Waals surface area contributed by atoms with E-state index >= 15 is 0 Å². The predicted molar refractivity (Wildman–Crippen MR) is 142 cm³/mol. The van der Waals surface area contributed by atoms with Crippen LogP contribution in [0.3, 0.4) is 0 Å². The van der Waals surface area contributed by atoms with E-state index in [0.29, 0.717) is 46.4 Å². The molecule has 4 aliphatic rings. The monoisotopic (exact) mass is 505 g/mol. The van der Waals surface area contributed by atoms with Crippen molar-refractivity contribution in [1.82, 2.24) is 0 Å². The zero-order valence-electron chi connectivity index (χ0n) is 21.0. The molecule has 1 heterocycles. The van der Waals surface area contributed by atoms with E-state index in [1.807, 2.05) is 18.2 Å². The molecule has 3 aliphatic carbocycles. The summed E-state index contributed by atoms with van der Waals surface area (Å²) in [6, 6.07) is 14.3. The number of aromatic hydroxyl groups is 1. The number of hydrogen-bond acceptors (Lipinski definition) is 5. The molecule has 1 saturated heterocycles. The van der Waals surface area contributed by atoms with Gasteiger partial charge in [-0.2, -0.15) is 0 Å². The first kappa shape index (κ1) is 24.0. The summed E-state index contributed by atoms with van der Waals surface area (Å²) in [5, 5.41) is 11.3. The Morgan fingerprint density at radius 1 is 1.00 bits per heavy atom. The Bertz CT molecular complexity index is 1530. The number of carbonyl (C=O) groups excluding carboxylic acids is 4. The molecule has 6 rings (SSSR count). The number of phenols is 1. The summed E-state index contributed by atoms with van der Waals surface area (Å²) in [5.41, 5.74) is 3.65. The van der Waals surface area contributed by atoms with Crippen molar-refractivity contribution in [1.29, 1.82) is 0 Å². The van der Waals surface area contributed by atoms with Gasteiger partial charge in [-0.15, -0.1) is 6.58 Å². The average Bonchev–Trinajstić information content (AvgIpc) is 3.18. The maximum Gasteiger partial charge on any atom is 0.238 e. The highest BCUT2D eigenvalue weighted by Crippen LogP contribution is 2.56. The summed E-state index contributed by atoms with van der Waals surface area (Å²) in [5.74, 6) is -3.23. The van der Waals surface area contributed by atoms with Crippen LogP contribution in [0.5, 0.6) is 5.75 Å². The fourth-order valence-corrected chi connectivity index (χ4v) is 6.73. The van der Waals surface area contributed by atoms with Crippen molar-refractivity contribution in [2.24, 2.45) is 17.8 Å². The van der Waals surface area contributed by atoms with Crippen molar-refractivity contribution in [3.05, 3.63) is 107 Å². The minimum absolute atomic E-state index is 0.0548. The van der Waals surface area contributed by atoms with Crippen LogP contribution < -0.4 is 4.90 Å². The maximum atomic E-state index is 13.9. The summed E-state index contributed by atoms with van der Waals surface area (Å²) in [6.07, 6.45) is 6.03. The molecule has 2 aromatic carbocycles. The third kappa shape index (κ3) is 3.40. The summed E-state index contributed by atoms with van der Waals surface area (Å²) < 4.78 is 0. The number of para-hydroxylation sites is 2. The molecule has 38 heavy (non-hydrogen) atoms. The summed E-state index contributed by atoms with van der Waals surface area (Å²) >= 11 is 0. The van der Waals surface area contributed by atoms with E-state index in [4.69, 9.17) is 0 Å². The van der Waals surface area contributed by atoms with Gasteiger partial charge in [-0.1, -0.05) is 54.1 Å². The quantitative estimate of drug-likeness (QED) is 0.368. The number of allylic oxidation sites excluding steroid dienone is 7. The van der Waals surface area contributed by atoms with Crippen LogP contribution in [0, 0.1) is 17.8 Å². The van der Waals surface area contributed by atoms with Gasteiger partial charge in [-0.05, 0) is 55.9 Å². The van der Waals surface area contributed by atoms with Gasteiger partial charge in [-0.25, -0.2) is 0 Å². The van der Waals surface area contributed by atoms with Gasteiger partial charge in [0.15, 0.2) is 11.6 Å². The second kappa shape index (κ2) is 8.91. The Morgan fingerprint density at radius 3 is 2.50 bits per heavy atom. The largest absolute Gasteiger partial charge is 0.507 e. The fourth-order valence-electron chi connectivity index (χ4n) is 6.73. The fraction of sp³-hybridized carbons (Fsp3) is 0.250. The van der Waals surface area contributed by atoms with Gasteiger partial charge in [0.05, 0.1) is 17.5 Å². The number of fused-ring (bicyclic) bond motifs is 3. The number of phenolic OH excluding ortho intramolecular Hbond substituents is 1. The lowest BCUT2D eigenvalue weighted by atomic mass is 9.59. The molecule has 0 radical (unpaired) electrons. The van der Waals surface area contributed by atoms with Crippen LogP contribution >= 0.6 is 0 Å². The molecule has 1 N–H and O–H groups in total. The number of ketones is 2. The number of rotatable bonds is 4. The highest BCUT2D eigenvalue weighted by molar-refractivity contribution is 6.25. The van der Waals surface area contributed by atoms with E-state index in [0.717, 1.165) is 5.57 Å².